The first kappa shape index (κ1) is 59.1. The molecule has 19 nitrogen and oxygen atoms in total. The molecule has 1 fully saturated rings. The minimum absolute atomic E-state index is 0.00316. The van der Waals surface area contributed by atoms with Gasteiger partial charge in [-0.05, 0) is 68.6 Å². The topological polar surface area (TPSA) is 320 Å². The van der Waals surface area contributed by atoms with Crippen molar-refractivity contribution in [1.29, 1.82) is 0 Å². The lowest BCUT2D eigenvalue weighted by Gasteiger charge is -2.26. The van der Waals surface area contributed by atoms with E-state index in [0.717, 1.165) is 22.9 Å². The van der Waals surface area contributed by atoms with Crippen molar-refractivity contribution in [3.8, 4) is 0 Å². The van der Waals surface area contributed by atoms with Crippen LogP contribution in [0.1, 0.15) is 121 Å². The third-order valence-electron chi connectivity index (χ3n) is 13.0. The number of aromatic amines is 2. The third-order valence-corrected chi connectivity index (χ3v) is 13.0. The Morgan fingerprint density at radius 3 is 2.26 bits per heavy atom. The number of imidazole rings is 1. The molecule has 5 amide bonds. The van der Waals surface area contributed by atoms with Gasteiger partial charge in [0.1, 0.15) is 23.7 Å². The van der Waals surface area contributed by atoms with Gasteiger partial charge in [0.05, 0.1) is 12.4 Å². The molecular weight excluding hydrogens is 943 g/mol. The molecule has 12 N–H and O–H groups in total. The number of rotatable bonds is 21. The van der Waals surface area contributed by atoms with E-state index in [-0.39, 0.29) is 89.7 Å². The number of amides is 5. The highest BCUT2D eigenvalue weighted by Gasteiger charge is 2.35. The lowest BCUT2D eigenvalue weighted by Crippen LogP contribution is -2.57. The van der Waals surface area contributed by atoms with Gasteiger partial charge in [-0.2, -0.15) is 0 Å². The highest BCUT2D eigenvalue weighted by atomic mass is 16.2. The fourth-order valence-corrected chi connectivity index (χ4v) is 8.78. The molecule has 6 atom stereocenters. The first-order valence-corrected chi connectivity index (χ1v) is 25.9. The molecule has 1 aliphatic heterocycles. The third kappa shape index (κ3) is 20.6. The van der Waals surface area contributed by atoms with Crippen LogP contribution in [-0.2, 0) is 57.6 Å². The standard InChI is InChI=1S/C49H65N11O8.C6H12/c1-2-3-15-45(65)58-38-16-17-44(64)54-20-18-32(42(62)25-33(46(50)66)22-34-27-56-37-14-8-7-13-36(34)37)23-41(61)31(12-9-19-55-49(51)52)24-43(63)39(21-30-10-5-4-6-11-30)59-48(68)40(60-47(38)67)26-35-28-53-29-57-35;1-3-5-6-4-2/h4-8,10-11,13-14,27-29,31-33,38-40,56H,2-3,9,12,15-26H2,1H3,(H2,50,66)(H,53,57)(H,54,64)(H,58,65)(H,59,68)(H,60,67)(H4,51,52,55);3H,1,4-6H2,2H3/t31-,32-,33-,38+,39-,40+;/m1./s1. The van der Waals surface area contributed by atoms with E-state index in [1.54, 1.807) is 30.5 Å². The summed E-state index contributed by atoms with van der Waals surface area (Å²) in [6, 6.07) is 12.8. The van der Waals surface area contributed by atoms with E-state index < -0.39 is 82.8 Å². The number of nitrogens with zero attached hydrogens (tertiary/aromatic N) is 2. The first-order valence-electron chi connectivity index (χ1n) is 25.9. The second-order valence-electron chi connectivity index (χ2n) is 18.9. The Morgan fingerprint density at radius 2 is 1.58 bits per heavy atom. The van der Waals surface area contributed by atoms with Crippen molar-refractivity contribution in [1.82, 2.24) is 36.2 Å². The molecule has 3 heterocycles. The first-order chi connectivity index (χ1) is 35.6. The monoisotopic (exact) mass is 1020 g/mol. The largest absolute Gasteiger partial charge is 0.370 e. The number of para-hydroxylation sites is 1. The molecule has 0 saturated carbocycles. The van der Waals surface area contributed by atoms with E-state index in [9.17, 15) is 38.4 Å². The van der Waals surface area contributed by atoms with Crippen LogP contribution >= 0.6 is 0 Å². The van der Waals surface area contributed by atoms with E-state index >= 15 is 0 Å². The number of guanidine groups is 1. The summed E-state index contributed by atoms with van der Waals surface area (Å²) in [6.45, 7) is 7.80. The molecule has 1 aliphatic rings. The summed E-state index contributed by atoms with van der Waals surface area (Å²) < 4.78 is 0. The predicted molar refractivity (Wildman–Crippen MR) is 285 cm³/mol. The zero-order valence-electron chi connectivity index (χ0n) is 43.0. The van der Waals surface area contributed by atoms with Gasteiger partial charge in [0, 0.05) is 98.4 Å². The van der Waals surface area contributed by atoms with Crippen molar-refractivity contribution in [3.63, 3.8) is 0 Å². The molecule has 0 spiro atoms. The molecule has 0 bridgehead atoms. The van der Waals surface area contributed by atoms with Crippen molar-refractivity contribution in [2.75, 3.05) is 13.1 Å². The number of primary amides is 1. The van der Waals surface area contributed by atoms with Gasteiger partial charge in [-0.1, -0.05) is 87.7 Å². The number of Topliss-reactive ketones (excluding diaryl/α,β-unsaturated/α-hetero) is 3. The zero-order valence-corrected chi connectivity index (χ0v) is 43.0. The van der Waals surface area contributed by atoms with E-state index in [1.807, 2.05) is 43.3 Å². The van der Waals surface area contributed by atoms with Gasteiger partial charge < -0.3 is 48.4 Å². The maximum absolute atomic E-state index is 14.6. The number of nitrogens with two attached hydrogens (primary N) is 3. The fraction of sp³-hybridized carbons (Fsp3) is 0.491. The molecular formula is C55H77N11O8. The second-order valence-corrected chi connectivity index (χ2v) is 18.9. The average molecular weight is 1020 g/mol. The summed E-state index contributed by atoms with van der Waals surface area (Å²) in [5.74, 6) is -7.35. The van der Waals surface area contributed by atoms with Gasteiger partial charge in [-0.3, -0.25) is 43.3 Å². The van der Waals surface area contributed by atoms with Gasteiger partial charge >= 0.3 is 0 Å². The van der Waals surface area contributed by atoms with Gasteiger partial charge in [-0.15, -0.1) is 6.58 Å². The molecule has 2 aromatic carbocycles. The molecule has 19 heteroatoms. The Bertz CT molecular complexity index is 2490. The number of hydrogen-bond donors (Lipinski definition) is 9. The summed E-state index contributed by atoms with van der Waals surface area (Å²) in [6.07, 6.45) is 11.1. The van der Waals surface area contributed by atoms with Gasteiger partial charge in [0.15, 0.2) is 11.7 Å². The minimum Gasteiger partial charge on any atom is -0.370 e. The van der Waals surface area contributed by atoms with Crippen molar-refractivity contribution >= 4 is 63.7 Å². The number of carbonyl (C=O) groups is 8. The number of aliphatic imine (C=N–C) groups is 1. The van der Waals surface area contributed by atoms with Crippen LogP contribution in [0.2, 0.25) is 0 Å². The number of carbonyl (C=O) groups excluding carboxylic acids is 8. The summed E-state index contributed by atoms with van der Waals surface area (Å²) in [4.78, 5) is 126. The molecule has 0 unspecified atom stereocenters. The van der Waals surface area contributed by atoms with Crippen LogP contribution in [0.3, 0.4) is 0 Å². The van der Waals surface area contributed by atoms with E-state index in [0.29, 0.717) is 24.1 Å². The molecule has 5 rings (SSSR count). The fourth-order valence-electron chi connectivity index (χ4n) is 8.78. The van der Waals surface area contributed by atoms with Crippen molar-refractivity contribution < 1.29 is 38.4 Å². The van der Waals surface area contributed by atoms with Gasteiger partial charge in [0.2, 0.25) is 29.5 Å². The van der Waals surface area contributed by atoms with Crippen LogP contribution in [0.15, 0.2) is 91.0 Å². The smallest absolute Gasteiger partial charge is 0.243 e. The molecule has 0 radical (unpaired) electrons. The number of fused-ring (bicyclic) bond motifs is 1. The van der Waals surface area contributed by atoms with E-state index in [4.69, 9.17) is 17.2 Å². The number of nitrogens with one attached hydrogen (secondary N) is 6. The van der Waals surface area contributed by atoms with Crippen LogP contribution in [0, 0.1) is 17.8 Å². The summed E-state index contributed by atoms with van der Waals surface area (Å²) in [5.41, 5.74) is 19.9. The minimum atomic E-state index is -1.27. The number of unbranched alkanes of at least 4 members (excludes halogenated alkanes) is 3. The number of aromatic nitrogens is 3. The number of hydrogen-bond acceptors (Lipinski definition) is 10. The van der Waals surface area contributed by atoms with E-state index in [2.05, 4.69) is 54.7 Å². The lowest BCUT2D eigenvalue weighted by molar-refractivity contribution is -0.135. The number of H-pyrrole nitrogens is 2. The Kier molecular flexibility index (Phi) is 25.5. The summed E-state index contributed by atoms with van der Waals surface area (Å²) >= 11 is 0. The number of benzene rings is 2. The van der Waals surface area contributed by atoms with Crippen LogP contribution in [0.25, 0.3) is 10.9 Å². The SMILES string of the molecule is C=CCCCC.CCCCC(=O)N[C@H]1CCC(=O)NCC[C@@H](C(=O)C[C@@H](Cc2c[nH]c3ccccc23)C(N)=O)CC(=O)[C@H](CCCN=C(N)N)CC(=O)[C@@H](Cc2ccccc2)NC(=O)[C@H](Cc2cnc[nH]2)NC1=O. The molecule has 400 valence electrons. The molecule has 4 aromatic rings. The van der Waals surface area contributed by atoms with Gasteiger partial charge in [0.25, 0.3) is 0 Å². The highest BCUT2D eigenvalue weighted by molar-refractivity contribution is 5.98. The van der Waals surface area contributed by atoms with Crippen LogP contribution in [0.5, 0.6) is 0 Å². The summed E-state index contributed by atoms with van der Waals surface area (Å²) in [5, 5.41) is 12.0. The maximum atomic E-state index is 14.6. The average Bonchev–Trinajstić information content (AvgIpc) is 4.06. The Morgan fingerprint density at radius 1 is 0.851 bits per heavy atom. The number of ketones is 3. The van der Waals surface area contributed by atoms with E-state index in [1.165, 1.54) is 31.8 Å². The molecule has 1 saturated heterocycles. The predicted octanol–water partition coefficient (Wildman–Crippen LogP) is 4.49. The maximum Gasteiger partial charge on any atom is 0.243 e. The molecule has 2 aromatic heterocycles. The summed E-state index contributed by atoms with van der Waals surface area (Å²) in [7, 11) is 0. The molecule has 74 heavy (non-hydrogen) atoms. The zero-order chi connectivity index (χ0) is 53.8. The van der Waals surface area contributed by atoms with Gasteiger partial charge in [-0.25, -0.2) is 4.98 Å². The Labute approximate surface area is 433 Å². The van der Waals surface area contributed by atoms with Crippen LogP contribution < -0.4 is 38.5 Å². The van der Waals surface area contributed by atoms with Crippen LogP contribution in [-0.4, -0.2) is 99.0 Å². The quantitative estimate of drug-likeness (QED) is 0.0242. The number of allylic oxidation sites excluding steroid dienone is 1. The van der Waals surface area contributed by atoms with Crippen molar-refractivity contribution in [3.05, 3.63) is 103 Å². The second kappa shape index (κ2) is 31.9. The lowest BCUT2D eigenvalue weighted by atomic mass is 9.81. The normalized spacial score (nSPS) is 19.7. The Hall–Kier alpha value is -7.44. The van der Waals surface area contributed by atoms with Crippen molar-refractivity contribution in [2.24, 2.45) is 39.9 Å². The molecule has 0 aliphatic carbocycles. The Balaban J connectivity index is 0.00000186. The highest BCUT2D eigenvalue weighted by Crippen LogP contribution is 2.27. The van der Waals surface area contributed by atoms with Crippen molar-refractivity contribution in [2.45, 2.75) is 141 Å². The van der Waals surface area contributed by atoms with Crippen LogP contribution in [0.4, 0.5) is 0 Å².